The first kappa shape index (κ1) is 14.0. The number of rotatable bonds is 7. The molecule has 0 aliphatic heterocycles. The molecule has 0 radical (unpaired) electrons. The summed E-state index contributed by atoms with van der Waals surface area (Å²) in [6, 6.07) is 10.4. The van der Waals surface area contributed by atoms with E-state index in [1.807, 2.05) is 6.07 Å². The van der Waals surface area contributed by atoms with Crippen LogP contribution in [0.1, 0.15) is 20.3 Å². The van der Waals surface area contributed by atoms with Crippen LogP contribution in [-0.2, 0) is 4.74 Å². The number of nitrogens with zero attached hydrogens (tertiary/aromatic N) is 1. The van der Waals surface area contributed by atoms with Crippen molar-refractivity contribution in [2.24, 2.45) is 5.73 Å². The number of methoxy groups -OCH3 is 1. The van der Waals surface area contributed by atoms with Gasteiger partial charge in [-0.2, -0.15) is 0 Å². The highest BCUT2D eigenvalue weighted by molar-refractivity contribution is 5.48. The number of likely N-dealkylation sites (N-methyl/N-ethyl adjacent to an activating group) is 1. The highest BCUT2D eigenvalue weighted by Gasteiger charge is 2.29. The SMILES string of the molecule is CCN(c1ccccc1)C(C)(CN)CCOC. The molecule has 96 valence electrons. The smallest absolute Gasteiger partial charge is 0.0517 e. The molecule has 0 saturated heterocycles. The first-order valence-electron chi connectivity index (χ1n) is 6.19. The molecule has 0 fully saturated rings. The zero-order valence-corrected chi connectivity index (χ0v) is 11.1. The predicted octanol–water partition coefficient (Wildman–Crippen LogP) is 2.27. The van der Waals surface area contributed by atoms with Crippen LogP contribution in [-0.4, -0.2) is 32.3 Å². The van der Waals surface area contributed by atoms with Crippen molar-refractivity contribution in [1.82, 2.24) is 0 Å². The quantitative estimate of drug-likeness (QED) is 0.789. The standard InChI is InChI=1S/C14H24N2O/c1-4-16(13-8-6-5-7-9-13)14(2,12-15)10-11-17-3/h5-9H,4,10-12,15H2,1-3H3. The largest absolute Gasteiger partial charge is 0.385 e. The summed E-state index contributed by atoms with van der Waals surface area (Å²) in [5.41, 5.74) is 7.14. The monoisotopic (exact) mass is 236 g/mol. The van der Waals surface area contributed by atoms with Crippen molar-refractivity contribution in [1.29, 1.82) is 0 Å². The molecule has 3 heteroatoms. The molecule has 0 heterocycles. The second-order valence-corrected chi connectivity index (χ2v) is 4.52. The van der Waals surface area contributed by atoms with Crippen molar-refractivity contribution in [3.63, 3.8) is 0 Å². The van der Waals surface area contributed by atoms with Crippen molar-refractivity contribution in [2.75, 3.05) is 31.7 Å². The maximum absolute atomic E-state index is 5.96. The molecule has 0 aliphatic carbocycles. The summed E-state index contributed by atoms with van der Waals surface area (Å²) in [4.78, 5) is 2.35. The van der Waals surface area contributed by atoms with Crippen molar-refractivity contribution in [2.45, 2.75) is 25.8 Å². The molecule has 1 rings (SSSR count). The number of hydrogen-bond acceptors (Lipinski definition) is 3. The van der Waals surface area contributed by atoms with Crippen LogP contribution in [0.4, 0.5) is 5.69 Å². The Morgan fingerprint density at radius 1 is 1.29 bits per heavy atom. The lowest BCUT2D eigenvalue weighted by atomic mass is 9.95. The minimum Gasteiger partial charge on any atom is -0.385 e. The molecular weight excluding hydrogens is 212 g/mol. The Bertz CT molecular complexity index is 315. The molecule has 1 atom stereocenters. The van der Waals surface area contributed by atoms with Gasteiger partial charge in [0.05, 0.1) is 5.54 Å². The number of anilines is 1. The summed E-state index contributed by atoms with van der Waals surface area (Å²) >= 11 is 0. The average Bonchev–Trinajstić information content (AvgIpc) is 2.38. The molecule has 0 amide bonds. The number of para-hydroxylation sites is 1. The molecule has 17 heavy (non-hydrogen) atoms. The number of nitrogens with two attached hydrogens (primary N) is 1. The van der Waals surface area contributed by atoms with Crippen LogP contribution < -0.4 is 10.6 Å². The maximum Gasteiger partial charge on any atom is 0.0517 e. The van der Waals surface area contributed by atoms with Crippen LogP contribution in [0.15, 0.2) is 30.3 Å². The molecule has 0 aliphatic rings. The van der Waals surface area contributed by atoms with E-state index in [2.05, 4.69) is 43.0 Å². The van der Waals surface area contributed by atoms with Gasteiger partial charge in [-0.25, -0.2) is 0 Å². The third-order valence-corrected chi connectivity index (χ3v) is 3.32. The zero-order chi connectivity index (χ0) is 12.7. The van der Waals surface area contributed by atoms with Gasteiger partial charge in [0.1, 0.15) is 0 Å². The average molecular weight is 236 g/mol. The number of hydrogen-bond donors (Lipinski definition) is 1. The van der Waals surface area contributed by atoms with Gasteiger partial charge in [-0.1, -0.05) is 18.2 Å². The Labute approximate surface area is 105 Å². The summed E-state index contributed by atoms with van der Waals surface area (Å²) < 4.78 is 5.19. The number of ether oxygens (including phenoxy) is 1. The maximum atomic E-state index is 5.96. The molecule has 0 spiro atoms. The molecule has 1 unspecified atom stereocenters. The highest BCUT2D eigenvalue weighted by atomic mass is 16.5. The van der Waals surface area contributed by atoms with Crippen LogP contribution in [0.25, 0.3) is 0 Å². The van der Waals surface area contributed by atoms with Gasteiger partial charge in [-0.3, -0.25) is 0 Å². The van der Waals surface area contributed by atoms with Crippen LogP contribution in [0.3, 0.4) is 0 Å². The van der Waals surface area contributed by atoms with Crippen LogP contribution in [0.2, 0.25) is 0 Å². The molecule has 3 nitrogen and oxygen atoms in total. The lowest BCUT2D eigenvalue weighted by molar-refractivity contribution is 0.170. The van der Waals surface area contributed by atoms with E-state index in [1.54, 1.807) is 7.11 Å². The van der Waals surface area contributed by atoms with Crippen LogP contribution in [0, 0.1) is 0 Å². The van der Waals surface area contributed by atoms with Crippen molar-refractivity contribution < 1.29 is 4.74 Å². The van der Waals surface area contributed by atoms with E-state index in [4.69, 9.17) is 10.5 Å². The second-order valence-electron chi connectivity index (χ2n) is 4.52. The van der Waals surface area contributed by atoms with E-state index in [9.17, 15) is 0 Å². The Morgan fingerprint density at radius 3 is 2.41 bits per heavy atom. The Kier molecular flexibility index (Phi) is 5.45. The van der Waals surface area contributed by atoms with E-state index >= 15 is 0 Å². The summed E-state index contributed by atoms with van der Waals surface area (Å²) in [5.74, 6) is 0. The topological polar surface area (TPSA) is 38.5 Å². The normalized spacial score (nSPS) is 14.4. The fourth-order valence-corrected chi connectivity index (χ4v) is 2.15. The molecule has 2 N–H and O–H groups in total. The molecule has 0 saturated carbocycles. The van der Waals surface area contributed by atoms with Gasteiger partial charge in [0.25, 0.3) is 0 Å². The van der Waals surface area contributed by atoms with Gasteiger partial charge >= 0.3 is 0 Å². The Morgan fingerprint density at radius 2 is 1.94 bits per heavy atom. The van der Waals surface area contributed by atoms with Gasteiger partial charge in [0, 0.05) is 32.5 Å². The first-order chi connectivity index (χ1) is 8.18. The van der Waals surface area contributed by atoms with Crippen molar-refractivity contribution in [3.8, 4) is 0 Å². The van der Waals surface area contributed by atoms with E-state index < -0.39 is 0 Å². The summed E-state index contributed by atoms with van der Waals surface area (Å²) in [6.07, 6.45) is 0.933. The van der Waals surface area contributed by atoms with Gasteiger partial charge in [0.15, 0.2) is 0 Å². The van der Waals surface area contributed by atoms with E-state index in [0.717, 1.165) is 19.6 Å². The predicted molar refractivity (Wildman–Crippen MR) is 73.4 cm³/mol. The molecule has 1 aromatic carbocycles. The van der Waals surface area contributed by atoms with Gasteiger partial charge in [-0.05, 0) is 32.4 Å². The minimum atomic E-state index is -0.0495. The molecule has 0 aromatic heterocycles. The lowest BCUT2D eigenvalue weighted by Gasteiger charge is -2.42. The van der Waals surface area contributed by atoms with Crippen molar-refractivity contribution >= 4 is 5.69 Å². The third kappa shape index (κ3) is 3.45. The first-order valence-corrected chi connectivity index (χ1v) is 6.19. The molecule has 0 bridgehead atoms. The fraction of sp³-hybridized carbons (Fsp3) is 0.571. The number of benzene rings is 1. The highest BCUT2D eigenvalue weighted by Crippen LogP contribution is 2.25. The lowest BCUT2D eigenvalue weighted by Crippen LogP contribution is -2.52. The minimum absolute atomic E-state index is 0.0495. The molecule has 1 aromatic rings. The third-order valence-electron chi connectivity index (χ3n) is 3.32. The second kappa shape index (κ2) is 6.62. The summed E-state index contributed by atoms with van der Waals surface area (Å²) in [6.45, 7) is 6.66. The zero-order valence-electron chi connectivity index (χ0n) is 11.1. The van der Waals surface area contributed by atoms with E-state index in [-0.39, 0.29) is 5.54 Å². The van der Waals surface area contributed by atoms with Crippen LogP contribution in [0.5, 0.6) is 0 Å². The van der Waals surface area contributed by atoms with E-state index in [1.165, 1.54) is 5.69 Å². The Balaban J connectivity index is 2.90. The van der Waals surface area contributed by atoms with Gasteiger partial charge in [-0.15, -0.1) is 0 Å². The van der Waals surface area contributed by atoms with Crippen molar-refractivity contribution in [3.05, 3.63) is 30.3 Å². The van der Waals surface area contributed by atoms with Gasteiger partial charge < -0.3 is 15.4 Å². The summed E-state index contributed by atoms with van der Waals surface area (Å²) in [5, 5.41) is 0. The van der Waals surface area contributed by atoms with Gasteiger partial charge in [0.2, 0.25) is 0 Å². The summed E-state index contributed by atoms with van der Waals surface area (Å²) in [7, 11) is 1.73. The Hall–Kier alpha value is -1.06. The van der Waals surface area contributed by atoms with Crippen LogP contribution >= 0.6 is 0 Å². The molecular formula is C14H24N2O. The van der Waals surface area contributed by atoms with E-state index in [0.29, 0.717) is 6.54 Å². The fourth-order valence-electron chi connectivity index (χ4n) is 2.15.